The molecular weight excluding hydrogens is 404 g/mol. The van der Waals surface area contributed by atoms with Crippen LogP contribution in [0.25, 0.3) is 0 Å². The van der Waals surface area contributed by atoms with Crippen molar-refractivity contribution in [1.29, 1.82) is 0 Å². The van der Waals surface area contributed by atoms with Gasteiger partial charge in [-0.3, -0.25) is 4.79 Å². The molecule has 0 spiro atoms. The first-order valence-corrected chi connectivity index (χ1v) is 6.02. The van der Waals surface area contributed by atoms with Crippen LogP contribution < -0.4 is 4.74 Å². The highest BCUT2D eigenvalue weighted by Gasteiger charge is 2.33. The Balaban J connectivity index is 3.24. The molecule has 0 saturated heterocycles. The second kappa shape index (κ2) is 6.50. The molecule has 0 bridgehead atoms. The van der Waals surface area contributed by atoms with Gasteiger partial charge in [-0.05, 0) is 22.6 Å². The van der Waals surface area contributed by atoms with Crippen molar-refractivity contribution < 1.29 is 36.2 Å². The summed E-state index contributed by atoms with van der Waals surface area (Å²) in [5, 5.41) is 0. The van der Waals surface area contributed by atoms with Crippen LogP contribution in [0.5, 0.6) is 5.75 Å². The van der Waals surface area contributed by atoms with E-state index in [0.717, 1.165) is 13.2 Å². The van der Waals surface area contributed by atoms with E-state index in [1.54, 1.807) is 0 Å². The third-order valence-electron chi connectivity index (χ3n) is 1.99. The van der Waals surface area contributed by atoms with Gasteiger partial charge in [-0.1, -0.05) is 0 Å². The van der Waals surface area contributed by atoms with Gasteiger partial charge in [0.2, 0.25) is 0 Å². The molecule has 1 heterocycles. The Hall–Kier alpha value is -1.20. The fraction of sp³-hybridized carbons (Fsp3) is 0.400. The van der Waals surface area contributed by atoms with Crippen LogP contribution >= 0.6 is 22.6 Å². The van der Waals surface area contributed by atoms with E-state index in [4.69, 9.17) is 0 Å². The number of rotatable bonds is 4. The molecular formula is C10H7F5INO3. The van der Waals surface area contributed by atoms with Gasteiger partial charge in [-0.25, -0.2) is 13.8 Å². The average Bonchev–Trinajstić information content (AvgIpc) is 2.30. The third kappa shape index (κ3) is 4.72. The molecule has 0 aromatic carbocycles. The Kier molecular flexibility index (Phi) is 5.48. The molecule has 0 fully saturated rings. The normalized spacial score (nSPS) is 11.6. The van der Waals surface area contributed by atoms with E-state index >= 15 is 0 Å². The van der Waals surface area contributed by atoms with Crippen molar-refractivity contribution in [3.63, 3.8) is 0 Å². The highest BCUT2D eigenvalue weighted by molar-refractivity contribution is 14.1. The fourth-order valence-corrected chi connectivity index (χ4v) is 1.85. The molecule has 1 rings (SSSR count). The lowest BCUT2D eigenvalue weighted by Crippen LogP contribution is -2.19. The largest absolute Gasteiger partial charge is 0.573 e. The van der Waals surface area contributed by atoms with Gasteiger partial charge in [-0.2, -0.15) is 0 Å². The topological polar surface area (TPSA) is 48.4 Å². The van der Waals surface area contributed by atoms with E-state index in [0.29, 0.717) is 0 Å². The van der Waals surface area contributed by atoms with Crippen LogP contribution in [0, 0.1) is 3.57 Å². The van der Waals surface area contributed by atoms with Crippen LogP contribution in [0.4, 0.5) is 22.0 Å². The van der Waals surface area contributed by atoms with Crippen LogP contribution in [0.15, 0.2) is 6.07 Å². The first-order valence-electron chi connectivity index (χ1n) is 4.94. The smallest absolute Gasteiger partial charge is 0.469 e. The molecule has 0 aliphatic rings. The van der Waals surface area contributed by atoms with Crippen molar-refractivity contribution in [3.8, 4) is 5.75 Å². The number of carbonyl (C=O) groups excluding carboxylic acids is 1. The number of carbonyl (C=O) groups is 1. The summed E-state index contributed by atoms with van der Waals surface area (Å²) in [5.41, 5.74) is -1.18. The second-order valence-electron chi connectivity index (χ2n) is 3.41. The van der Waals surface area contributed by atoms with Gasteiger partial charge < -0.3 is 9.47 Å². The summed E-state index contributed by atoms with van der Waals surface area (Å²) in [6, 6.07) is 0.776. The predicted octanol–water partition coefficient (Wildman–Crippen LogP) is 3.24. The van der Waals surface area contributed by atoms with Gasteiger partial charge in [0, 0.05) is 6.07 Å². The standard InChI is InChI=1S/C10H7F5INO3/c1-19-6(18)3-4-2-5(20-10(13,14)15)7(16)8(17-4)9(11)12/h2,9H,3H2,1H3. The molecule has 10 heteroatoms. The van der Waals surface area contributed by atoms with Crippen LogP contribution in [0.3, 0.4) is 0 Å². The first-order chi connectivity index (χ1) is 9.14. The molecule has 20 heavy (non-hydrogen) atoms. The van der Waals surface area contributed by atoms with Gasteiger partial charge in [0.05, 0.1) is 22.8 Å². The zero-order valence-electron chi connectivity index (χ0n) is 9.80. The van der Waals surface area contributed by atoms with Crippen molar-refractivity contribution >= 4 is 28.6 Å². The number of alkyl halides is 5. The molecule has 0 amide bonds. The summed E-state index contributed by atoms with van der Waals surface area (Å²) in [6.45, 7) is 0. The van der Waals surface area contributed by atoms with E-state index in [1.807, 2.05) is 0 Å². The lowest BCUT2D eigenvalue weighted by Gasteiger charge is -2.14. The van der Waals surface area contributed by atoms with Crippen LogP contribution in [0.2, 0.25) is 0 Å². The second-order valence-corrected chi connectivity index (χ2v) is 4.49. The Bertz CT molecular complexity index is 506. The first kappa shape index (κ1) is 16.9. The SMILES string of the molecule is COC(=O)Cc1cc(OC(F)(F)F)c(I)c(C(F)F)n1. The van der Waals surface area contributed by atoms with Crippen LogP contribution in [0.1, 0.15) is 17.8 Å². The summed E-state index contributed by atoms with van der Waals surface area (Å²) < 4.78 is 69.5. The van der Waals surface area contributed by atoms with Crippen molar-refractivity contribution in [2.45, 2.75) is 19.2 Å². The number of hydrogen-bond donors (Lipinski definition) is 0. The van der Waals surface area contributed by atoms with Crippen molar-refractivity contribution in [2.24, 2.45) is 0 Å². The lowest BCUT2D eigenvalue weighted by molar-refractivity contribution is -0.275. The van der Waals surface area contributed by atoms with E-state index < -0.39 is 40.2 Å². The molecule has 1 aromatic heterocycles. The Morgan fingerprint density at radius 2 is 2.05 bits per heavy atom. The minimum absolute atomic E-state index is 0.299. The maximum absolute atomic E-state index is 12.7. The lowest BCUT2D eigenvalue weighted by atomic mass is 10.2. The molecule has 0 saturated carbocycles. The molecule has 0 N–H and O–H groups in total. The number of aromatic nitrogens is 1. The minimum atomic E-state index is -5.04. The van der Waals surface area contributed by atoms with Gasteiger partial charge in [0.25, 0.3) is 6.43 Å². The minimum Gasteiger partial charge on any atom is -0.469 e. The Labute approximate surface area is 123 Å². The molecule has 0 aliphatic carbocycles. The van der Waals surface area contributed by atoms with Crippen LogP contribution in [-0.2, 0) is 16.0 Å². The number of esters is 1. The zero-order valence-corrected chi connectivity index (χ0v) is 12.0. The van der Waals surface area contributed by atoms with Gasteiger partial charge in [-0.15, -0.1) is 13.2 Å². The molecule has 4 nitrogen and oxygen atoms in total. The van der Waals surface area contributed by atoms with Crippen molar-refractivity contribution in [3.05, 3.63) is 21.0 Å². The van der Waals surface area contributed by atoms with Crippen molar-refractivity contribution in [1.82, 2.24) is 4.98 Å². The maximum atomic E-state index is 12.7. The highest BCUT2D eigenvalue weighted by atomic mass is 127. The maximum Gasteiger partial charge on any atom is 0.573 e. The average molecular weight is 411 g/mol. The number of halogens is 6. The molecule has 0 unspecified atom stereocenters. The molecule has 112 valence electrons. The predicted molar refractivity (Wildman–Crippen MR) is 64.3 cm³/mol. The van der Waals surface area contributed by atoms with Crippen LogP contribution in [-0.4, -0.2) is 24.4 Å². The molecule has 1 aromatic rings. The zero-order chi connectivity index (χ0) is 15.5. The van der Waals surface area contributed by atoms with Gasteiger partial charge >= 0.3 is 12.3 Å². The monoisotopic (exact) mass is 411 g/mol. The quantitative estimate of drug-likeness (QED) is 0.434. The summed E-state index contributed by atoms with van der Waals surface area (Å²) >= 11 is 1.27. The number of methoxy groups -OCH3 is 1. The number of pyridine rings is 1. The van der Waals surface area contributed by atoms with Crippen molar-refractivity contribution in [2.75, 3.05) is 7.11 Å². The number of ether oxygens (including phenoxy) is 2. The molecule has 0 radical (unpaired) electrons. The highest BCUT2D eigenvalue weighted by Crippen LogP contribution is 2.33. The van der Waals surface area contributed by atoms with Gasteiger partial charge in [0.1, 0.15) is 11.4 Å². The Morgan fingerprint density at radius 3 is 2.50 bits per heavy atom. The van der Waals surface area contributed by atoms with E-state index in [-0.39, 0.29) is 5.69 Å². The number of hydrogen-bond acceptors (Lipinski definition) is 4. The fourth-order valence-electron chi connectivity index (χ4n) is 1.23. The van der Waals surface area contributed by atoms with E-state index in [2.05, 4.69) is 14.5 Å². The van der Waals surface area contributed by atoms with Gasteiger partial charge in [0.15, 0.2) is 0 Å². The van der Waals surface area contributed by atoms with E-state index in [1.165, 1.54) is 22.6 Å². The molecule has 0 atom stereocenters. The summed E-state index contributed by atoms with van der Waals surface area (Å²) in [6.07, 6.45) is -8.68. The summed E-state index contributed by atoms with van der Waals surface area (Å²) in [7, 11) is 1.05. The summed E-state index contributed by atoms with van der Waals surface area (Å²) in [5.74, 6) is -1.65. The third-order valence-corrected chi connectivity index (χ3v) is 3.07. The summed E-state index contributed by atoms with van der Waals surface area (Å²) in [4.78, 5) is 14.5. The van der Waals surface area contributed by atoms with E-state index in [9.17, 15) is 26.7 Å². The number of nitrogens with zero attached hydrogens (tertiary/aromatic N) is 1. The Morgan fingerprint density at radius 1 is 1.45 bits per heavy atom. The molecule has 0 aliphatic heterocycles.